The van der Waals surface area contributed by atoms with Gasteiger partial charge in [-0.3, -0.25) is 4.79 Å². The van der Waals surface area contributed by atoms with Crippen LogP contribution in [-0.4, -0.2) is 30.4 Å². The van der Waals surface area contributed by atoms with Crippen molar-refractivity contribution >= 4 is 5.91 Å². The maximum absolute atomic E-state index is 12.8. The molecule has 3 nitrogen and oxygen atoms in total. The van der Waals surface area contributed by atoms with Gasteiger partial charge in [0.2, 0.25) is 0 Å². The Labute approximate surface area is 186 Å². The van der Waals surface area contributed by atoms with Crippen LogP contribution in [0.1, 0.15) is 46.8 Å². The number of nitrogens with one attached hydrogen (secondary N) is 1. The van der Waals surface area contributed by atoms with E-state index in [-0.39, 0.29) is 11.9 Å². The van der Waals surface area contributed by atoms with Gasteiger partial charge in [0.15, 0.2) is 0 Å². The first kappa shape index (κ1) is 21.3. The van der Waals surface area contributed by atoms with Crippen LogP contribution in [0, 0.1) is 5.92 Å². The molecule has 160 valence electrons. The van der Waals surface area contributed by atoms with E-state index in [1.807, 2.05) is 48.5 Å². The van der Waals surface area contributed by atoms with Gasteiger partial charge in [-0.15, -0.1) is 0 Å². The Kier molecular flexibility index (Phi) is 7.51. The Hall–Kier alpha value is -2.91. The van der Waals surface area contributed by atoms with E-state index >= 15 is 0 Å². The summed E-state index contributed by atoms with van der Waals surface area (Å²) in [6, 6.07) is 30.7. The number of hydrogen-bond acceptors (Lipinski definition) is 2. The van der Waals surface area contributed by atoms with E-state index in [1.54, 1.807) is 0 Å². The molecule has 31 heavy (non-hydrogen) atoms. The van der Waals surface area contributed by atoms with Crippen LogP contribution >= 0.6 is 0 Å². The van der Waals surface area contributed by atoms with Crippen LogP contribution in [0.25, 0.3) is 0 Å². The molecule has 0 radical (unpaired) electrons. The summed E-state index contributed by atoms with van der Waals surface area (Å²) in [6.07, 6.45) is 4.61. The number of carbonyl (C=O) groups excluding carboxylic acids is 1. The highest BCUT2D eigenvalue weighted by molar-refractivity contribution is 5.94. The fraction of sp³-hybridized carbons (Fsp3) is 0.321. The van der Waals surface area contributed by atoms with E-state index in [0.717, 1.165) is 32.0 Å². The molecule has 1 fully saturated rings. The lowest BCUT2D eigenvalue weighted by Gasteiger charge is -2.33. The van der Waals surface area contributed by atoms with Crippen molar-refractivity contribution in [1.82, 2.24) is 10.2 Å². The summed E-state index contributed by atoms with van der Waals surface area (Å²) in [4.78, 5) is 15.3. The number of likely N-dealkylation sites (tertiary alicyclic amines) is 1. The Morgan fingerprint density at radius 1 is 0.839 bits per heavy atom. The molecule has 4 rings (SSSR count). The smallest absolute Gasteiger partial charge is 0.251 e. The molecule has 1 atom stereocenters. The molecule has 1 aliphatic rings. The van der Waals surface area contributed by atoms with Crippen LogP contribution in [0.5, 0.6) is 0 Å². The molecule has 0 bridgehead atoms. The molecule has 3 aromatic carbocycles. The van der Waals surface area contributed by atoms with E-state index in [1.165, 1.54) is 30.4 Å². The highest BCUT2D eigenvalue weighted by atomic mass is 16.1. The number of benzene rings is 3. The van der Waals surface area contributed by atoms with E-state index in [2.05, 4.69) is 52.7 Å². The third-order valence-electron chi connectivity index (χ3n) is 6.35. The van der Waals surface area contributed by atoms with E-state index in [4.69, 9.17) is 0 Å². The maximum atomic E-state index is 12.8. The van der Waals surface area contributed by atoms with Crippen molar-refractivity contribution < 1.29 is 4.79 Å². The number of nitrogens with zero attached hydrogens (tertiary/aromatic N) is 1. The zero-order valence-corrected chi connectivity index (χ0v) is 18.1. The van der Waals surface area contributed by atoms with Gasteiger partial charge in [0.25, 0.3) is 5.91 Å². The van der Waals surface area contributed by atoms with Crippen LogP contribution in [0.2, 0.25) is 0 Å². The zero-order chi connectivity index (χ0) is 21.3. The molecule has 0 spiro atoms. The zero-order valence-electron chi connectivity index (χ0n) is 18.1. The second-order valence-electron chi connectivity index (χ2n) is 8.57. The molecule has 3 aromatic rings. The van der Waals surface area contributed by atoms with Gasteiger partial charge in [-0.2, -0.15) is 0 Å². The molecule has 1 aliphatic heterocycles. The first-order valence-corrected chi connectivity index (χ1v) is 11.4. The molecular formula is C28H32N2O. The van der Waals surface area contributed by atoms with Crippen LogP contribution in [0.3, 0.4) is 0 Å². The largest absolute Gasteiger partial charge is 0.345 e. The van der Waals surface area contributed by atoms with Gasteiger partial charge in [-0.1, -0.05) is 78.9 Å². The van der Waals surface area contributed by atoms with Gasteiger partial charge < -0.3 is 10.2 Å². The second-order valence-corrected chi connectivity index (χ2v) is 8.57. The summed E-state index contributed by atoms with van der Waals surface area (Å²) in [5.41, 5.74) is 3.34. The summed E-state index contributed by atoms with van der Waals surface area (Å²) in [6.45, 7) is 3.30. The highest BCUT2D eigenvalue weighted by Gasteiger charge is 2.22. The highest BCUT2D eigenvalue weighted by Crippen LogP contribution is 2.24. The lowest BCUT2D eigenvalue weighted by molar-refractivity contribution is 0.0928. The summed E-state index contributed by atoms with van der Waals surface area (Å²) < 4.78 is 0. The van der Waals surface area contributed by atoms with E-state index in [9.17, 15) is 4.79 Å². The predicted molar refractivity (Wildman–Crippen MR) is 127 cm³/mol. The number of amides is 1. The molecule has 1 unspecified atom stereocenters. The SMILES string of the molecule is O=C(NC(CCN1CCC(Cc2ccccc2)CC1)c1ccccc1)c1ccccc1. The topological polar surface area (TPSA) is 32.3 Å². The standard InChI is InChI=1S/C28H32N2O/c31-28(26-14-8-3-9-15-26)29-27(25-12-6-2-7-13-25)18-21-30-19-16-24(17-20-30)22-23-10-4-1-5-11-23/h1-15,24,27H,16-22H2,(H,29,31). The lowest BCUT2D eigenvalue weighted by Crippen LogP contribution is -2.37. The van der Waals surface area contributed by atoms with Crippen molar-refractivity contribution in [1.29, 1.82) is 0 Å². The molecule has 0 aliphatic carbocycles. The summed E-state index contributed by atoms with van der Waals surface area (Å²) >= 11 is 0. The van der Waals surface area contributed by atoms with Gasteiger partial charge in [0.1, 0.15) is 0 Å². The van der Waals surface area contributed by atoms with E-state index in [0.29, 0.717) is 5.56 Å². The monoisotopic (exact) mass is 412 g/mol. The molecule has 3 heteroatoms. The molecule has 1 saturated heterocycles. The normalized spacial score (nSPS) is 16.0. The Morgan fingerprint density at radius 3 is 2.06 bits per heavy atom. The fourth-order valence-electron chi connectivity index (χ4n) is 4.51. The number of hydrogen-bond donors (Lipinski definition) is 1. The van der Waals surface area contributed by atoms with Crippen LogP contribution in [-0.2, 0) is 6.42 Å². The fourth-order valence-corrected chi connectivity index (χ4v) is 4.51. The van der Waals surface area contributed by atoms with E-state index < -0.39 is 0 Å². The van der Waals surface area contributed by atoms with Crippen LogP contribution in [0.4, 0.5) is 0 Å². The van der Waals surface area contributed by atoms with Crippen molar-refractivity contribution in [2.24, 2.45) is 5.92 Å². The van der Waals surface area contributed by atoms with Crippen molar-refractivity contribution in [3.8, 4) is 0 Å². The number of rotatable bonds is 8. The maximum Gasteiger partial charge on any atom is 0.251 e. The third-order valence-corrected chi connectivity index (χ3v) is 6.35. The van der Waals surface area contributed by atoms with Gasteiger partial charge >= 0.3 is 0 Å². The van der Waals surface area contributed by atoms with Crippen molar-refractivity contribution in [2.75, 3.05) is 19.6 Å². The van der Waals surface area contributed by atoms with Gasteiger partial charge in [0.05, 0.1) is 6.04 Å². The predicted octanol–water partition coefficient (Wildman–Crippen LogP) is 5.50. The minimum Gasteiger partial charge on any atom is -0.345 e. The van der Waals surface area contributed by atoms with Gasteiger partial charge in [-0.05, 0) is 68.0 Å². The Bertz CT molecular complexity index is 919. The quantitative estimate of drug-likeness (QED) is 0.530. The van der Waals surface area contributed by atoms with Gasteiger partial charge in [0, 0.05) is 12.1 Å². The van der Waals surface area contributed by atoms with Crippen molar-refractivity contribution in [2.45, 2.75) is 31.7 Å². The molecule has 1 heterocycles. The lowest BCUT2D eigenvalue weighted by atomic mass is 9.90. The molecule has 1 amide bonds. The third kappa shape index (κ3) is 6.28. The average molecular weight is 413 g/mol. The first-order valence-electron chi connectivity index (χ1n) is 11.4. The van der Waals surface area contributed by atoms with Crippen LogP contribution < -0.4 is 5.32 Å². The first-order chi connectivity index (χ1) is 15.3. The summed E-state index contributed by atoms with van der Waals surface area (Å²) in [7, 11) is 0. The molecule has 0 aromatic heterocycles. The summed E-state index contributed by atoms with van der Waals surface area (Å²) in [5, 5.41) is 3.27. The molecule has 1 N–H and O–H groups in total. The Morgan fingerprint density at radius 2 is 1.42 bits per heavy atom. The molecular weight excluding hydrogens is 380 g/mol. The van der Waals surface area contributed by atoms with Gasteiger partial charge in [-0.25, -0.2) is 0 Å². The summed E-state index contributed by atoms with van der Waals surface area (Å²) in [5.74, 6) is 0.775. The average Bonchev–Trinajstić information content (AvgIpc) is 2.84. The number of carbonyl (C=O) groups is 1. The minimum atomic E-state index is -0.00368. The van der Waals surface area contributed by atoms with Crippen molar-refractivity contribution in [3.05, 3.63) is 108 Å². The number of piperidine rings is 1. The minimum absolute atomic E-state index is 0.00368. The Balaban J connectivity index is 1.31. The molecule has 0 saturated carbocycles. The van der Waals surface area contributed by atoms with Crippen LogP contribution in [0.15, 0.2) is 91.0 Å². The van der Waals surface area contributed by atoms with Crippen molar-refractivity contribution in [3.63, 3.8) is 0 Å². The second kappa shape index (κ2) is 10.9.